The first-order valence-electron chi connectivity index (χ1n) is 6.85. The molecule has 0 bridgehead atoms. The zero-order chi connectivity index (χ0) is 13.1. The van der Waals surface area contributed by atoms with Crippen molar-refractivity contribution in [3.8, 4) is 0 Å². The lowest BCUT2D eigenvalue weighted by molar-refractivity contribution is 0.564. The molecule has 1 aromatic carbocycles. The minimum Gasteiger partial charge on any atom is -0.371 e. The number of nitrogens with one attached hydrogen (secondary N) is 1. The van der Waals surface area contributed by atoms with E-state index in [0.717, 1.165) is 24.2 Å². The van der Waals surface area contributed by atoms with E-state index in [1.807, 2.05) is 20.0 Å². The highest BCUT2D eigenvalue weighted by atomic mass is 19.1. The molecule has 0 radical (unpaired) electrons. The number of piperidine rings is 1. The molecule has 1 saturated heterocycles. The Balaban J connectivity index is 2.39. The summed E-state index contributed by atoms with van der Waals surface area (Å²) in [4.78, 5) is 2.40. The van der Waals surface area contributed by atoms with E-state index in [9.17, 15) is 4.39 Å². The van der Waals surface area contributed by atoms with Gasteiger partial charge in [-0.25, -0.2) is 4.39 Å². The van der Waals surface area contributed by atoms with Crippen LogP contribution in [0, 0.1) is 12.7 Å². The topological polar surface area (TPSA) is 15.3 Å². The summed E-state index contributed by atoms with van der Waals surface area (Å²) in [5, 5.41) is 3.21. The molecule has 1 aliphatic rings. The van der Waals surface area contributed by atoms with E-state index in [-0.39, 0.29) is 11.9 Å². The fraction of sp³-hybridized carbons (Fsp3) is 0.600. The molecular weight excluding hydrogens is 227 g/mol. The smallest absolute Gasteiger partial charge is 0.126 e. The first-order chi connectivity index (χ1) is 8.63. The lowest BCUT2D eigenvalue weighted by Gasteiger charge is -2.32. The van der Waals surface area contributed by atoms with E-state index >= 15 is 0 Å². The summed E-state index contributed by atoms with van der Waals surface area (Å²) in [6, 6.07) is 3.88. The number of halogens is 1. The van der Waals surface area contributed by atoms with Gasteiger partial charge in [-0.2, -0.15) is 0 Å². The third kappa shape index (κ3) is 2.66. The predicted octanol–water partition coefficient (Wildman–Crippen LogP) is 3.40. The molecule has 0 saturated carbocycles. The van der Waals surface area contributed by atoms with Gasteiger partial charge in [-0.1, -0.05) is 0 Å². The molecule has 0 aromatic heterocycles. The van der Waals surface area contributed by atoms with Gasteiger partial charge in [0.05, 0.1) is 0 Å². The maximum atomic E-state index is 13.8. The summed E-state index contributed by atoms with van der Waals surface area (Å²) < 4.78 is 13.8. The Hall–Kier alpha value is -1.09. The molecule has 1 heterocycles. The van der Waals surface area contributed by atoms with E-state index in [4.69, 9.17) is 0 Å². The van der Waals surface area contributed by atoms with Crippen LogP contribution in [-0.4, -0.2) is 20.1 Å². The quantitative estimate of drug-likeness (QED) is 0.884. The standard InChI is InChI=1S/C15H23FN2/c1-11-9-15(18-7-5-4-6-8-18)13(10-14(11)16)12(2)17-3/h9-10,12,17H,4-8H2,1-3H3. The van der Waals surface area contributed by atoms with Gasteiger partial charge in [0.2, 0.25) is 0 Å². The van der Waals surface area contributed by atoms with Crippen LogP contribution in [0.15, 0.2) is 12.1 Å². The average Bonchev–Trinajstić information content (AvgIpc) is 2.41. The van der Waals surface area contributed by atoms with Crippen LogP contribution in [0.25, 0.3) is 0 Å². The number of anilines is 1. The van der Waals surface area contributed by atoms with Crippen LogP contribution in [0.4, 0.5) is 10.1 Å². The summed E-state index contributed by atoms with van der Waals surface area (Å²) >= 11 is 0. The van der Waals surface area contributed by atoms with E-state index in [1.54, 1.807) is 6.07 Å². The molecule has 3 heteroatoms. The van der Waals surface area contributed by atoms with Gasteiger partial charge in [-0.05, 0) is 63.4 Å². The molecule has 1 atom stereocenters. The van der Waals surface area contributed by atoms with Crippen molar-refractivity contribution < 1.29 is 4.39 Å². The van der Waals surface area contributed by atoms with Crippen molar-refractivity contribution in [2.45, 2.75) is 39.2 Å². The van der Waals surface area contributed by atoms with Gasteiger partial charge in [0.15, 0.2) is 0 Å². The third-order valence-electron chi connectivity index (χ3n) is 3.90. The van der Waals surface area contributed by atoms with E-state index in [2.05, 4.69) is 17.1 Å². The summed E-state index contributed by atoms with van der Waals surface area (Å²) in [6.45, 7) is 6.11. The second-order valence-electron chi connectivity index (χ2n) is 5.22. The van der Waals surface area contributed by atoms with Gasteiger partial charge in [-0.15, -0.1) is 0 Å². The Labute approximate surface area is 109 Å². The van der Waals surface area contributed by atoms with Crippen molar-refractivity contribution in [3.63, 3.8) is 0 Å². The molecular formula is C15H23FN2. The van der Waals surface area contributed by atoms with Crippen LogP contribution in [0.1, 0.15) is 43.4 Å². The third-order valence-corrected chi connectivity index (χ3v) is 3.90. The lowest BCUT2D eigenvalue weighted by Crippen LogP contribution is -2.31. The Morgan fingerprint density at radius 3 is 2.50 bits per heavy atom. The van der Waals surface area contributed by atoms with E-state index < -0.39 is 0 Å². The van der Waals surface area contributed by atoms with Crippen molar-refractivity contribution in [1.82, 2.24) is 5.32 Å². The van der Waals surface area contributed by atoms with Crippen molar-refractivity contribution >= 4 is 5.69 Å². The van der Waals surface area contributed by atoms with Crippen molar-refractivity contribution in [2.75, 3.05) is 25.0 Å². The molecule has 2 nitrogen and oxygen atoms in total. The molecule has 0 aliphatic carbocycles. The number of benzene rings is 1. The minimum atomic E-state index is -0.104. The van der Waals surface area contributed by atoms with E-state index in [1.165, 1.54) is 24.9 Å². The van der Waals surface area contributed by atoms with Crippen LogP contribution in [0.3, 0.4) is 0 Å². The monoisotopic (exact) mass is 250 g/mol. The number of hydrogen-bond acceptors (Lipinski definition) is 2. The maximum absolute atomic E-state index is 13.8. The molecule has 1 N–H and O–H groups in total. The van der Waals surface area contributed by atoms with Crippen LogP contribution in [0.2, 0.25) is 0 Å². The van der Waals surface area contributed by atoms with Crippen LogP contribution in [-0.2, 0) is 0 Å². The fourth-order valence-electron chi connectivity index (χ4n) is 2.59. The zero-order valence-corrected chi connectivity index (χ0v) is 11.6. The minimum absolute atomic E-state index is 0.104. The molecule has 100 valence electrons. The van der Waals surface area contributed by atoms with Crippen LogP contribution < -0.4 is 10.2 Å². The highest BCUT2D eigenvalue weighted by Gasteiger charge is 2.18. The number of rotatable bonds is 3. The summed E-state index contributed by atoms with van der Waals surface area (Å²) in [6.07, 6.45) is 3.79. The Morgan fingerprint density at radius 1 is 1.22 bits per heavy atom. The predicted molar refractivity (Wildman–Crippen MR) is 74.7 cm³/mol. The largest absolute Gasteiger partial charge is 0.371 e. The molecule has 1 aromatic rings. The van der Waals surface area contributed by atoms with Gasteiger partial charge < -0.3 is 10.2 Å². The average molecular weight is 250 g/mol. The normalized spacial score (nSPS) is 17.9. The number of aryl methyl sites for hydroxylation is 1. The second kappa shape index (κ2) is 5.70. The summed E-state index contributed by atoms with van der Waals surface area (Å²) in [7, 11) is 1.92. The molecule has 1 fully saturated rings. The van der Waals surface area contributed by atoms with Gasteiger partial charge in [-0.3, -0.25) is 0 Å². The number of hydrogen-bond donors (Lipinski definition) is 1. The van der Waals surface area contributed by atoms with E-state index in [0.29, 0.717) is 0 Å². The van der Waals surface area contributed by atoms with Crippen molar-refractivity contribution in [2.24, 2.45) is 0 Å². The van der Waals surface area contributed by atoms with Gasteiger partial charge in [0.25, 0.3) is 0 Å². The maximum Gasteiger partial charge on any atom is 0.126 e. The van der Waals surface area contributed by atoms with Crippen molar-refractivity contribution in [3.05, 3.63) is 29.1 Å². The molecule has 0 spiro atoms. The van der Waals surface area contributed by atoms with Crippen LogP contribution >= 0.6 is 0 Å². The first-order valence-corrected chi connectivity index (χ1v) is 6.85. The van der Waals surface area contributed by atoms with Crippen LogP contribution in [0.5, 0.6) is 0 Å². The molecule has 1 unspecified atom stereocenters. The van der Waals surface area contributed by atoms with Gasteiger partial charge in [0.1, 0.15) is 5.82 Å². The second-order valence-corrected chi connectivity index (χ2v) is 5.22. The molecule has 2 rings (SSSR count). The highest BCUT2D eigenvalue weighted by Crippen LogP contribution is 2.31. The molecule has 18 heavy (non-hydrogen) atoms. The Morgan fingerprint density at radius 2 is 1.89 bits per heavy atom. The number of nitrogens with zero attached hydrogens (tertiary/aromatic N) is 1. The summed E-state index contributed by atoms with van der Waals surface area (Å²) in [5.74, 6) is -0.104. The molecule has 0 amide bonds. The van der Waals surface area contributed by atoms with Crippen molar-refractivity contribution in [1.29, 1.82) is 0 Å². The Kier molecular flexibility index (Phi) is 4.23. The SMILES string of the molecule is CNC(C)c1cc(F)c(C)cc1N1CCCCC1. The first kappa shape index (κ1) is 13.3. The van der Waals surface area contributed by atoms with Gasteiger partial charge in [0, 0.05) is 24.8 Å². The molecule has 1 aliphatic heterocycles. The lowest BCUT2D eigenvalue weighted by atomic mass is 10.0. The summed E-state index contributed by atoms with van der Waals surface area (Å²) in [5.41, 5.74) is 3.01. The fourth-order valence-corrected chi connectivity index (χ4v) is 2.59. The Bertz CT molecular complexity index is 411. The van der Waals surface area contributed by atoms with Gasteiger partial charge >= 0.3 is 0 Å². The zero-order valence-electron chi connectivity index (χ0n) is 11.6. The highest BCUT2D eigenvalue weighted by molar-refractivity contribution is 5.57.